The molecule has 1 amide bonds. The van der Waals surface area contributed by atoms with E-state index in [-0.39, 0.29) is 17.3 Å². The molecule has 1 N–H and O–H groups in total. The molecule has 25 heavy (non-hydrogen) atoms. The Hall–Kier alpha value is -2.82. The van der Waals surface area contributed by atoms with Gasteiger partial charge in [0.05, 0.1) is 24.7 Å². The first-order valence-electron chi connectivity index (χ1n) is 8.27. The van der Waals surface area contributed by atoms with Crippen molar-refractivity contribution in [3.8, 4) is 0 Å². The van der Waals surface area contributed by atoms with Crippen LogP contribution in [0.4, 0.5) is 5.69 Å². The van der Waals surface area contributed by atoms with Gasteiger partial charge >= 0.3 is 5.97 Å². The standard InChI is InChI=1S/C20H21NO4/c1-4-25-19(23)13-5-7-14(8-6-13)21-18(22)16-11-20(2,3)17-12-24-10-9-15(16)17/h5-10,12H,4,11H2,1-3H3,(H,21,22). The smallest absolute Gasteiger partial charge is 0.338 e. The monoisotopic (exact) mass is 339 g/mol. The number of rotatable bonds is 4. The second-order valence-electron chi connectivity index (χ2n) is 6.68. The highest BCUT2D eigenvalue weighted by Crippen LogP contribution is 2.47. The number of ether oxygens (including phenoxy) is 2. The quantitative estimate of drug-likeness (QED) is 0.844. The number of carbonyl (C=O) groups is 2. The minimum Gasteiger partial charge on any atom is -0.472 e. The maximum atomic E-state index is 12.7. The molecular weight excluding hydrogens is 318 g/mol. The van der Waals surface area contributed by atoms with Crippen LogP contribution in [-0.4, -0.2) is 18.5 Å². The average Bonchev–Trinajstić information content (AvgIpc) is 2.88. The zero-order valence-electron chi connectivity index (χ0n) is 14.6. The number of carbonyl (C=O) groups excluding carboxylic acids is 2. The van der Waals surface area contributed by atoms with Gasteiger partial charge in [-0.25, -0.2) is 4.79 Å². The summed E-state index contributed by atoms with van der Waals surface area (Å²) in [4.78, 5) is 24.4. The fraction of sp³-hybridized carbons (Fsp3) is 0.300. The van der Waals surface area contributed by atoms with E-state index in [1.165, 1.54) is 0 Å². The van der Waals surface area contributed by atoms with E-state index < -0.39 is 0 Å². The predicted molar refractivity (Wildman–Crippen MR) is 94.8 cm³/mol. The zero-order valence-corrected chi connectivity index (χ0v) is 14.6. The van der Waals surface area contributed by atoms with Gasteiger partial charge in [-0.3, -0.25) is 4.79 Å². The van der Waals surface area contributed by atoms with Crippen molar-refractivity contribution >= 4 is 17.6 Å². The highest BCUT2D eigenvalue weighted by atomic mass is 16.5. The minimum absolute atomic E-state index is 0.137. The molecule has 5 nitrogen and oxygen atoms in total. The van der Waals surface area contributed by atoms with Crippen molar-refractivity contribution in [3.63, 3.8) is 0 Å². The SMILES string of the molecule is CCOC(=O)c1ccc(NC(=O)C2=C3C=COC=C3C(C)(C)C2)cc1. The van der Waals surface area contributed by atoms with Gasteiger partial charge in [-0.05, 0) is 54.7 Å². The summed E-state index contributed by atoms with van der Waals surface area (Å²) in [5, 5.41) is 2.90. The second-order valence-corrected chi connectivity index (χ2v) is 6.68. The number of nitrogens with one attached hydrogen (secondary N) is 1. The van der Waals surface area contributed by atoms with Crippen LogP contribution in [0.1, 0.15) is 37.6 Å². The fourth-order valence-electron chi connectivity index (χ4n) is 3.10. The van der Waals surface area contributed by atoms with Gasteiger partial charge in [0.15, 0.2) is 0 Å². The highest BCUT2D eigenvalue weighted by molar-refractivity contribution is 6.06. The maximum Gasteiger partial charge on any atom is 0.338 e. The molecule has 1 heterocycles. The van der Waals surface area contributed by atoms with Crippen molar-refractivity contribution in [3.05, 3.63) is 65.1 Å². The first kappa shape index (κ1) is 17.0. The predicted octanol–water partition coefficient (Wildman–Crippen LogP) is 3.96. The Morgan fingerprint density at radius 2 is 1.96 bits per heavy atom. The molecular formula is C20H21NO4. The summed E-state index contributed by atoms with van der Waals surface area (Å²) in [5.41, 5.74) is 3.67. The third-order valence-electron chi connectivity index (χ3n) is 4.39. The number of benzene rings is 1. The summed E-state index contributed by atoms with van der Waals surface area (Å²) in [6.45, 7) is 6.28. The topological polar surface area (TPSA) is 64.6 Å². The number of allylic oxidation sites excluding steroid dienone is 3. The molecule has 130 valence electrons. The lowest BCUT2D eigenvalue weighted by atomic mass is 9.84. The fourth-order valence-corrected chi connectivity index (χ4v) is 3.10. The Morgan fingerprint density at radius 1 is 1.24 bits per heavy atom. The van der Waals surface area contributed by atoms with Crippen molar-refractivity contribution in [1.82, 2.24) is 0 Å². The van der Waals surface area contributed by atoms with Gasteiger partial charge in [-0.1, -0.05) is 13.8 Å². The molecule has 2 aliphatic rings. The van der Waals surface area contributed by atoms with Gasteiger partial charge < -0.3 is 14.8 Å². The molecule has 1 aliphatic heterocycles. The van der Waals surface area contributed by atoms with E-state index in [0.29, 0.717) is 24.3 Å². The average molecular weight is 339 g/mol. The molecule has 0 aromatic heterocycles. The summed E-state index contributed by atoms with van der Waals surface area (Å²) in [6.07, 6.45) is 5.78. The van der Waals surface area contributed by atoms with Crippen molar-refractivity contribution in [2.75, 3.05) is 11.9 Å². The Balaban J connectivity index is 1.77. The Labute approximate surface area is 147 Å². The van der Waals surface area contributed by atoms with E-state index in [1.807, 2.05) is 6.08 Å². The number of amides is 1. The van der Waals surface area contributed by atoms with Crippen LogP contribution in [0.5, 0.6) is 0 Å². The molecule has 0 spiro atoms. The van der Waals surface area contributed by atoms with Crippen LogP contribution < -0.4 is 5.32 Å². The van der Waals surface area contributed by atoms with E-state index in [1.54, 1.807) is 43.7 Å². The summed E-state index contributed by atoms with van der Waals surface area (Å²) in [5.74, 6) is -0.508. The summed E-state index contributed by atoms with van der Waals surface area (Å²) < 4.78 is 10.2. The molecule has 0 saturated heterocycles. The third-order valence-corrected chi connectivity index (χ3v) is 4.39. The Morgan fingerprint density at radius 3 is 2.64 bits per heavy atom. The van der Waals surface area contributed by atoms with E-state index in [4.69, 9.17) is 9.47 Å². The maximum absolute atomic E-state index is 12.7. The lowest BCUT2D eigenvalue weighted by Gasteiger charge is -2.21. The first-order chi connectivity index (χ1) is 11.9. The number of hydrogen-bond donors (Lipinski definition) is 1. The summed E-state index contributed by atoms with van der Waals surface area (Å²) in [7, 11) is 0. The Bertz CT molecular complexity index is 797. The molecule has 3 rings (SSSR count). The zero-order chi connectivity index (χ0) is 18.0. The normalized spacial score (nSPS) is 17.5. The van der Waals surface area contributed by atoms with E-state index in [0.717, 1.165) is 16.7 Å². The van der Waals surface area contributed by atoms with Crippen LogP contribution in [0.2, 0.25) is 0 Å². The molecule has 0 saturated carbocycles. The van der Waals surface area contributed by atoms with Crippen LogP contribution >= 0.6 is 0 Å². The number of fused-ring (bicyclic) bond motifs is 1. The van der Waals surface area contributed by atoms with Gasteiger partial charge in [-0.2, -0.15) is 0 Å². The number of hydrogen-bond acceptors (Lipinski definition) is 4. The second kappa shape index (κ2) is 6.59. The van der Waals surface area contributed by atoms with Crippen molar-refractivity contribution in [2.24, 2.45) is 5.41 Å². The minimum atomic E-state index is -0.370. The lowest BCUT2D eigenvalue weighted by Crippen LogP contribution is -2.16. The summed E-state index contributed by atoms with van der Waals surface area (Å²) in [6, 6.07) is 6.69. The molecule has 0 unspecified atom stereocenters. The van der Waals surface area contributed by atoms with E-state index in [2.05, 4.69) is 19.2 Å². The van der Waals surface area contributed by atoms with Gasteiger partial charge in [0.2, 0.25) is 0 Å². The van der Waals surface area contributed by atoms with E-state index in [9.17, 15) is 9.59 Å². The van der Waals surface area contributed by atoms with Crippen LogP contribution in [0.25, 0.3) is 0 Å². The molecule has 0 bridgehead atoms. The van der Waals surface area contributed by atoms with Gasteiger partial charge in [0.1, 0.15) is 0 Å². The number of esters is 1. The largest absolute Gasteiger partial charge is 0.472 e. The molecule has 0 fully saturated rings. The molecule has 0 radical (unpaired) electrons. The van der Waals surface area contributed by atoms with Crippen LogP contribution in [0.3, 0.4) is 0 Å². The molecule has 1 aromatic rings. The molecule has 1 aromatic carbocycles. The third kappa shape index (κ3) is 3.36. The van der Waals surface area contributed by atoms with Crippen molar-refractivity contribution < 1.29 is 19.1 Å². The van der Waals surface area contributed by atoms with Crippen LogP contribution in [0, 0.1) is 5.41 Å². The van der Waals surface area contributed by atoms with Gasteiger partial charge in [-0.15, -0.1) is 0 Å². The highest BCUT2D eigenvalue weighted by Gasteiger charge is 2.38. The summed E-state index contributed by atoms with van der Waals surface area (Å²) >= 11 is 0. The van der Waals surface area contributed by atoms with Crippen LogP contribution in [0.15, 0.2) is 59.6 Å². The Kier molecular flexibility index (Phi) is 4.49. The van der Waals surface area contributed by atoms with Gasteiger partial charge in [0.25, 0.3) is 5.91 Å². The number of anilines is 1. The molecule has 5 heteroatoms. The van der Waals surface area contributed by atoms with Crippen LogP contribution in [-0.2, 0) is 14.3 Å². The molecule has 0 atom stereocenters. The van der Waals surface area contributed by atoms with E-state index >= 15 is 0 Å². The van der Waals surface area contributed by atoms with Crippen molar-refractivity contribution in [2.45, 2.75) is 27.2 Å². The first-order valence-corrected chi connectivity index (χ1v) is 8.27. The van der Waals surface area contributed by atoms with Gasteiger partial charge in [0, 0.05) is 16.8 Å². The lowest BCUT2D eigenvalue weighted by molar-refractivity contribution is -0.113. The molecule has 1 aliphatic carbocycles. The van der Waals surface area contributed by atoms with Crippen molar-refractivity contribution in [1.29, 1.82) is 0 Å².